The van der Waals surface area contributed by atoms with Crippen LogP contribution in [-0.2, 0) is 13.5 Å². The van der Waals surface area contributed by atoms with Crippen molar-refractivity contribution >= 4 is 5.91 Å². The number of aromatic nitrogens is 6. The molecule has 8 nitrogen and oxygen atoms in total. The minimum Gasteiger partial charge on any atom is -0.335 e. The molecule has 3 heterocycles. The fraction of sp³-hybridized carbons (Fsp3) is 0.615. The lowest BCUT2D eigenvalue weighted by atomic mass is 9.97. The molecule has 1 fully saturated rings. The van der Waals surface area contributed by atoms with Crippen molar-refractivity contribution in [3.8, 4) is 0 Å². The molecule has 0 aliphatic carbocycles. The van der Waals surface area contributed by atoms with Crippen LogP contribution < -0.4 is 0 Å². The van der Waals surface area contributed by atoms with Gasteiger partial charge in [-0.2, -0.15) is 0 Å². The second-order valence-corrected chi connectivity index (χ2v) is 5.35. The second kappa shape index (κ2) is 5.63. The number of likely N-dealkylation sites (tertiary alicyclic amines) is 1. The molecule has 2 aromatic heterocycles. The van der Waals surface area contributed by atoms with Crippen LogP contribution in [0.3, 0.4) is 0 Å². The van der Waals surface area contributed by atoms with Crippen molar-refractivity contribution in [2.24, 2.45) is 7.05 Å². The van der Waals surface area contributed by atoms with E-state index in [-0.39, 0.29) is 17.6 Å². The number of carbonyl (C=O) groups is 1. The summed E-state index contributed by atoms with van der Waals surface area (Å²) in [4.78, 5) is 18.5. The van der Waals surface area contributed by atoms with Gasteiger partial charge < -0.3 is 9.47 Å². The normalized spacial score (nSPS) is 19.0. The van der Waals surface area contributed by atoms with E-state index in [0.717, 1.165) is 37.5 Å². The van der Waals surface area contributed by atoms with Gasteiger partial charge in [0.05, 0.1) is 0 Å². The summed E-state index contributed by atoms with van der Waals surface area (Å²) in [6.45, 7) is 3.35. The molecule has 3 rings (SSSR count). The minimum atomic E-state index is -0.113. The van der Waals surface area contributed by atoms with E-state index in [1.807, 2.05) is 23.4 Å². The molecule has 1 N–H and O–H groups in total. The van der Waals surface area contributed by atoms with Crippen LogP contribution in [0.5, 0.6) is 0 Å². The highest BCUT2D eigenvalue weighted by Gasteiger charge is 2.29. The van der Waals surface area contributed by atoms with Gasteiger partial charge in [-0.05, 0) is 12.8 Å². The highest BCUT2D eigenvalue weighted by molar-refractivity contribution is 5.90. The number of H-pyrrole nitrogens is 1. The first kappa shape index (κ1) is 13.7. The van der Waals surface area contributed by atoms with Crippen molar-refractivity contribution in [1.29, 1.82) is 0 Å². The van der Waals surface area contributed by atoms with Crippen LogP contribution in [0.25, 0.3) is 0 Å². The summed E-state index contributed by atoms with van der Waals surface area (Å²) in [5.74, 6) is 2.03. The maximum atomic E-state index is 12.5. The van der Waals surface area contributed by atoms with Crippen LogP contribution >= 0.6 is 0 Å². The predicted molar refractivity (Wildman–Crippen MR) is 74.6 cm³/mol. The Bertz CT molecular complexity index is 632. The number of aromatic amines is 1. The van der Waals surface area contributed by atoms with Gasteiger partial charge >= 0.3 is 0 Å². The summed E-state index contributed by atoms with van der Waals surface area (Å²) < 4.78 is 1.92. The molecule has 0 aromatic carbocycles. The van der Waals surface area contributed by atoms with E-state index in [2.05, 4.69) is 25.4 Å². The Morgan fingerprint density at radius 3 is 3.05 bits per heavy atom. The number of rotatable bonds is 3. The molecule has 1 aliphatic rings. The molecule has 1 saturated heterocycles. The Kier molecular flexibility index (Phi) is 3.68. The van der Waals surface area contributed by atoms with Crippen LogP contribution in [0.2, 0.25) is 0 Å². The maximum Gasteiger partial charge on any atom is 0.293 e. The van der Waals surface area contributed by atoms with Crippen molar-refractivity contribution in [2.45, 2.75) is 32.1 Å². The van der Waals surface area contributed by atoms with Gasteiger partial charge in [-0.15, -0.1) is 15.3 Å². The van der Waals surface area contributed by atoms with Crippen molar-refractivity contribution < 1.29 is 4.79 Å². The summed E-state index contributed by atoms with van der Waals surface area (Å²) in [5, 5.41) is 14.9. The molecule has 0 radical (unpaired) electrons. The van der Waals surface area contributed by atoms with Gasteiger partial charge in [-0.25, -0.2) is 4.98 Å². The van der Waals surface area contributed by atoms with E-state index < -0.39 is 0 Å². The fourth-order valence-corrected chi connectivity index (χ4v) is 2.72. The third kappa shape index (κ3) is 2.65. The molecule has 0 spiro atoms. The third-order valence-corrected chi connectivity index (χ3v) is 3.88. The number of carbonyl (C=O) groups excluding carboxylic acids is 1. The van der Waals surface area contributed by atoms with E-state index in [1.54, 1.807) is 6.33 Å². The third-order valence-electron chi connectivity index (χ3n) is 3.88. The molecule has 1 unspecified atom stereocenters. The molecular formula is C13H19N7O. The zero-order valence-electron chi connectivity index (χ0n) is 12.3. The molecule has 1 atom stereocenters. The van der Waals surface area contributed by atoms with Gasteiger partial charge in [0.15, 0.2) is 0 Å². The summed E-state index contributed by atoms with van der Waals surface area (Å²) in [5.41, 5.74) is 0. The number of nitrogens with zero attached hydrogens (tertiary/aromatic N) is 6. The smallest absolute Gasteiger partial charge is 0.293 e. The SMILES string of the molecule is CCc1nc(C(=O)N2CCCC(c3nncn3C)C2)n[nH]1. The molecule has 112 valence electrons. The summed E-state index contributed by atoms with van der Waals surface area (Å²) in [6, 6.07) is 0. The Hall–Kier alpha value is -2.25. The Labute approximate surface area is 122 Å². The van der Waals surface area contributed by atoms with Gasteiger partial charge in [0, 0.05) is 32.5 Å². The van der Waals surface area contributed by atoms with Gasteiger partial charge in [-0.1, -0.05) is 6.92 Å². The predicted octanol–water partition coefficient (Wildman–Crippen LogP) is 0.515. The van der Waals surface area contributed by atoms with Crippen molar-refractivity contribution in [1.82, 2.24) is 34.8 Å². The van der Waals surface area contributed by atoms with Crippen LogP contribution in [0.1, 0.15) is 48.0 Å². The Balaban J connectivity index is 1.73. The Morgan fingerprint density at radius 1 is 1.52 bits per heavy atom. The standard InChI is InChI=1S/C13H19N7O/c1-3-10-15-11(17-16-10)13(21)20-6-4-5-9(7-20)12-18-14-8-19(12)2/h8-9H,3-7H2,1-2H3,(H,15,16,17). The zero-order valence-corrected chi connectivity index (χ0v) is 12.3. The van der Waals surface area contributed by atoms with Crippen molar-refractivity contribution in [3.05, 3.63) is 23.8 Å². The topological polar surface area (TPSA) is 92.6 Å². The summed E-state index contributed by atoms with van der Waals surface area (Å²) in [7, 11) is 1.93. The minimum absolute atomic E-state index is 0.113. The van der Waals surface area contributed by atoms with E-state index in [0.29, 0.717) is 6.54 Å². The first-order valence-corrected chi connectivity index (χ1v) is 7.23. The van der Waals surface area contributed by atoms with Gasteiger partial charge in [0.25, 0.3) is 5.91 Å². The second-order valence-electron chi connectivity index (χ2n) is 5.35. The molecule has 1 amide bonds. The molecule has 21 heavy (non-hydrogen) atoms. The van der Waals surface area contributed by atoms with Crippen LogP contribution in [0.15, 0.2) is 6.33 Å². The van der Waals surface area contributed by atoms with Gasteiger partial charge in [0.2, 0.25) is 5.82 Å². The largest absolute Gasteiger partial charge is 0.335 e. The number of hydrogen-bond acceptors (Lipinski definition) is 5. The highest BCUT2D eigenvalue weighted by Crippen LogP contribution is 2.25. The lowest BCUT2D eigenvalue weighted by molar-refractivity contribution is 0.0691. The first-order chi connectivity index (χ1) is 10.2. The Morgan fingerprint density at radius 2 is 2.38 bits per heavy atom. The van der Waals surface area contributed by atoms with Gasteiger partial charge in [0.1, 0.15) is 18.0 Å². The highest BCUT2D eigenvalue weighted by atomic mass is 16.2. The van der Waals surface area contributed by atoms with E-state index in [1.165, 1.54) is 0 Å². The molecule has 8 heteroatoms. The fourth-order valence-electron chi connectivity index (χ4n) is 2.72. The maximum absolute atomic E-state index is 12.5. The van der Waals surface area contributed by atoms with Crippen LogP contribution in [0.4, 0.5) is 0 Å². The van der Waals surface area contributed by atoms with Crippen LogP contribution in [-0.4, -0.2) is 53.8 Å². The number of nitrogens with one attached hydrogen (secondary N) is 1. The number of aryl methyl sites for hydroxylation is 2. The van der Waals surface area contributed by atoms with E-state index in [4.69, 9.17) is 0 Å². The lowest BCUT2D eigenvalue weighted by Gasteiger charge is -2.31. The number of amides is 1. The van der Waals surface area contributed by atoms with Crippen molar-refractivity contribution in [3.63, 3.8) is 0 Å². The average molecular weight is 289 g/mol. The number of piperidine rings is 1. The molecular weight excluding hydrogens is 270 g/mol. The van der Waals surface area contributed by atoms with Gasteiger partial charge in [-0.3, -0.25) is 9.89 Å². The quantitative estimate of drug-likeness (QED) is 0.889. The summed E-state index contributed by atoms with van der Waals surface area (Å²) in [6.07, 6.45) is 4.40. The average Bonchev–Trinajstić information content (AvgIpc) is 3.15. The zero-order chi connectivity index (χ0) is 14.8. The van der Waals surface area contributed by atoms with E-state index >= 15 is 0 Å². The number of hydrogen-bond donors (Lipinski definition) is 1. The molecule has 2 aromatic rings. The van der Waals surface area contributed by atoms with Crippen LogP contribution in [0, 0.1) is 0 Å². The van der Waals surface area contributed by atoms with Crippen molar-refractivity contribution in [2.75, 3.05) is 13.1 Å². The lowest BCUT2D eigenvalue weighted by Crippen LogP contribution is -2.40. The monoisotopic (exact) mass is 289 g/mol. The van der Waals surface area contributed by atoms with E-state index in [9.17, 15) is 4.79 Å². The first-order valence-electron chi connectivity index (χ1n) is 7.23. The molecule has 0 bridgehead atoms. The summed E-state index contributed by atoms with van der Waals surface area (Å²) >= 11 is 0. The molecule has 0 saturated carbocycles. The molecule has 1 aliphatic heterocycles.